The summed E-state index contributed by atoms with van der Waals surface area (Å²) >= 11 is 0. The first kappa shape index (κ1) is 24.7. The van der Waals surface area contributed by atoms with Gasteiger partial charge in [0.15, 0.2) is 0 Å². The Kier molecular flexibility index (Phi) is 7.80. The van der Waals surface area contributed by atoms with Gasteiger partial charge >= 0.3 is 0 Å². The fourth-order valence-corrected chi connectivity index (χ4v) is 3.86. The average molecular weight is 486 g/mol. The monoisotopic (exact) mass is 485 g/mol. The normalized spacial score (nSPS) is 11.3. The highest BCUT2D eigenvalue weighted by Crippen LogP contribution is 2.23. The van der Waals surface area contributed by atoms with Crippen LogP contribution in [-0.4, -0.2) is 42.3 Å². The summed E-state index contributed by atoms with van der Waals surface area (Å²) in [4.78, 5) is 19.6. The van der Waals surface area contributed by atoms with Crippen molar-refractivity contribution < 1.29 is 18.8 Å². The van der Waals surface area contributed by atoms with Gasteiger partial charge in [0, 0.05) is 32.1 Å². The average Bonchev–Trinajstić information content (AvgIpc) is 3.27. The van der Waals surface area contributed by atoms with Crippen LogP contribution in [0.3, 0.4) is 0 Å². The van der Waals surface area contributed by atoms with Gasteiger partial charge in [0.2, 0.25) is 0 Å². The van der Waals surface area contributed by atoms with Gasteiger partial charge in [-0.2, -0.15) is 0 Å². The molecule has 0 saturated carbocycles. The Morgan fingerprint density at radius 2 is 1.67 bits per heavy atom. The van der Waals surface area contributed by atoms with E-state index in [2.05, 4.69) is 5.16 Å². The third-order valence-electron chi connectivity index (χ3n) is 5.59. The van der Waals surface area contributed by atoms with Crippen molar-refractivity contribution >= 4 is 11.6 Å². The molecule has 0 radical (unpaired) electrons. The Labute approximate surface area is 210 Å². The van der Waals surface area contributed by atoms with Crippen LogP contribution in [0.2, 0.25) is 0 Å². The molecule has 0 atom stereocenters. The summed E-state index contributed by atoms with van der Waals surface area (Å²) in [7, 11) is 4.94. The van der Waals surface area contributed by atoms with E-state index in [-0.39, 0.29) is 11.7 Å². The summed E-state index contributed by atoms with van der Waals surface area (Å²) in [6.07, 6.45) is 4.24. The second-order valence-corrected chi connectivity index (χ2v) is 8.54. The summed E-state index contributed by atoms with van der Waals surface area (Å²) in [5.74, 6) is 1.02. The SMILES string of the molecule is CO/N=C(\Cn1cc(Cc2ccc(F)cc2)c(C(=O)N(C)C)c1)c1cccc(Oc2ccccc2)c1. The lowest BCUT2D eigenvalue weighted by Crippen LogP contribution is -2.22. The maximum Gasteiger partial charge on any atom is 0.255 e. The van der Waals surface area contributed by atoms with E-state index < -0.39 is 0 Å². The zero-order chi connectivity index (χ0) is 25.5. The van der Waals surface area contributed by atoms with Gasteiger partial charge in [0.05, 0.1) is 12.1 Å². The Balaban J connectivity index is 1.62. The molecule has 0 spiro atoms. The topological polar surface area (TPSA) is 56.1 Å². The van der Waals surface area contributed by atoms with E-state index in [1.54, 1.807) is 31.1 Å². The Morgan fingerprint density at radius 3 is 2.36 bits per heavy atom. The molecule has 1 amide bonds. The quantitative estimate of drug-likeness (QED) is 0.224. The van der Waals surface area contributed by atoms with Crippen LogP contribution in [0, 0.1) is 5.82 Å². The number of hydrogen-bond acceptors (Lipinski definition) is 4. The van der Waals surface area contributed by atoms with Gasteiger partial charge in [-0.3, -0.25) is 4.79 Å². The lowest BCUT2D eigenvalue weighted by Gasteiger charge is -2.11. The molecule has 7 heteroatoms. The number of nitrogens with zero attached hydrogens (tertiary/aromatic N) is 3. The minimum atomic E-state index is -0.292. The molecule has 1 heterocycles. The number of carbonyl (C=O) groups excluding carboxylic acids is 1. The molecule has 0 fully saturated rings. The number of carbonyl (C=O) groups is 1. The number of amides is 1. The summed E-state index contributed by atoms with van der Waals surface area (Å²) in [5, 5.41) is 4.25. The highest BCUT2D eigenvalue weighted by atomic mass is 19.1. The van der Waals surface area contributed by atoms with Crippen molar-refractivity contribution in [3.63, 3.8) is 0 Å². The first-order valence-corrected chi connectivity index (χ1v) is 11.5. The molecule has 36 heavy (non-hydrogen) atoms. The van der Waals surface area contributed by atoms with E-state index >= 15 is 0 Å². The van der Waals surface area contributed by atoms with Crippen molar-refractivity contribution in [1.29, 1.82) is 0 Å². The van der Waals surface area contributed by atoms with Gasteiger partial charge in [-0.1, -0.05) is 47.6 Å². The molecule has 0 N–H and O–H groups in total. The highest BCUT2D eigenvalue weighted by molar-refractivity contribution is 6.01. The smallest absolute Gasteiger partial charge is 0.255 e. The van der Waals surface area contributed by atoms with E-state index in [1.165, 1.54) is 19.2 Å². The molecule has 4 aromatic rings. The molecular formula is C29H28FN3O3. The number of halogens is 1. The Hall–Kier alpha value is -4.39. The standard InChI is InChI=1S/C29H28FN3O3/c1-32(2)29(34)27-19-33(18-23(27)16-21-12-14-24(30)15-13-21)20-28(31-35-3)22-8-7-11-26(17-22)36-25-9-5-4-6-10-25/h4-15,17-19H,16,20H2,1-3H3/b31-28+. The van der Waals surface area contributed by atoms with Crippen molar-refractivity contribution in [3.05, 3.63) is 119 Å². The van der Waals surface area contributed by atoms with Gasteiger partial charge in [0.1, 0.15) is 30.1 Å². The lowest BCUT2D eigenvalue weighted by atomic mass is 10.0. The minimum Gasteiger partial charge on any atom is -0.457 e. The molecule has 0 unspecified atom stereocenters. The van der Waals surface area contributed by atoms with Crippen LogP contribution in [0.5, 0.6) is 11.5 Å². The molecule has 1 aromatic heterocycles. The Bertz CT molecular complexity index is 1350. The van der Waals surface area contributed by atoms with E-state index in [9.17, 15) is 9.18 Å². The molecule has 184 valence electrons. The van der Waals surface area contributed by atoms with Crippen molar-refractivity contribution in [1.82, 2.24) is 9.47 Å². The van der Waals surface area contributed by atoms with Crippen LogP contribution in [0.15, 0.2) is 96.4 Å². The first-order chi connectivity index (χ1) is 17.4. The van der Waals surface area contributed by atoms with Crippen molar-refractivity contribution in [2.75, 3.05) is 21.2 Å². The lowest BCUT2D eigenvalue weighted by molar-refractivity contribution is 0.0826. The predicted molar refractivity (Wildman–Crippen MR) is 138 cm³/mol. The zero-order valence-corrected chi connectivity index (χ0v) is 20.5. The number of oxime groups is 1. The van der Waals surface area contributed by atoms with Gasteiger partial charge < -0.3 is 19.0 Å². The third-order valence-corrected chi connectivity index (χ3v) is 5.59. The summed E-state index contributed by atoms with van der Waals surface area (Å²) in [5.41, 5.74) is 3.85. The maximum absolute atomic E-state index is 13.4. The Morgan fingerprint density at radius 1 is 0.944 bits per heavy atom. The number of aromatic nitrogens is 1. The zero-order valence-electron chi connectivity index (χ0n) is 20.5. The fourth-order valence-electron chi connectivity index (χ4n) is 3.86. The second-order valence-electron chi connectivity index (χ2n) is 8.54. The number of para-hydroxylation sites is 1. The molecule has 6 nitrogen and oxygen atoms in total. The molecule has 0 aliphatic rings. The maximum atomic E-state index is 13.4. The highest BCUT2D eigenvalue weighted by Gasteiger charge is 2.18. The van der Waals surface area contributed by atoms with Gasteiger partial charge in [-0.15, -0.1) is 0 Å². The van der Waals surface area contributed by atoms with Crippen molar-refractivity contribution in [2.24, 2.45) is 5.16 Å². The van der Waals surface area contributed by atoms with Crippen molar-refractivity contribution in [2.45, 2.75) is 13.0 Å². The van der Waals surface area contributed by atoms with Crippen LogP contribution in [0.25, 0.3) is 0 Å². The summed E-state index contributed by atoms with van der Waals surface area (Å²) in [6.45, 7) is 0.375. The summed E-state index contributed by atoms with van der Waals surface area (Å²) < 4.78 is 21.3. The number of benzene rings is 3. The number of rotatable bonds is 9. The molecule has 3 aromatic carbocycles. The van der Waals surface area contributed by atoms with E-state index in [1.807, 2.05) is 71.6 Å². The van der Waals surface area contributed by atoms with Gasteiger partial charge in [0.25, 0.3) is 5.91 Å². The molecule has 0 bridgehead atoms. The molecule has 4 rings (SSSR count). The van der Waals surface area contributed by atoms with E-state index in [4.69, 9.17) is 9.57 Å². The third kappa shape index (κ3) is 6.18. The van der Waals surface area contributed by atoms with Gasteiger partial charge in [-0.05, 0) is 53.9 Å². The van der Waals surface area contributed by atoms with E-state index in [0.29, 0.717) is 30.0 Å². The van der Waals surface area contributed by atoms with Crippen LogP contribution in [0.1, 0.15) is 27.0 Å². The largest absolute Gasteiger partial charge is 0.457 e. The van der Waals surface area contributed by atoms with Gasteiger partial charge in [-0.25, -0.2) is 4.39 Å². The predicted octanol–water partition coefficient (Wildman–Crippen LogP) is 5.76. The van der Waals surface area contributed by atoms with Crippen molar-refractivity contribution in [3.8, 4) is 11.5 Å². The minimum absolute atomic E-state index is 0.102. The molecular weight excluding hydrogens is 457 g/mol. The fraction of sp³-hybridized carbons (Fsp3) is 0.172. The molecule has 0 aliphatic carbocycles. The van der Waals surface area contributed by atoms with Crippen LogP contribution >= 0.6 is 0 Å². The second kappa shape index (κ2) is 11.4. The van der Waals surface area contributed by atoms with Crippen LogP contribution in [-0.2, 0) is 17.8 Å². The van der Waals surface area contributed by atoms with E-state index in [0.717, 1.165) is 22.4 Å². The van der Waals surface area contributed by atoms with Crippen LogP contribution in [0.4, 0.5) is 4.39 Å². The first-order valence-electron chi connectivity index (χ1n) is 11.5. The number of hydrogen-bond donors (Lipinski definition) is 0. The summed E-state index contributed by atoms with van der Waals surface area (Å²) in [6, 6.07) is 23.5. The number of ether oxygens (including phenoxy) is 1. The van der Waals surface area contributed by atoms with Crippen LogP contribution < -0.4 is 4.74 Å². The molecule has 0 aliphatic heterocycles. The molecule has 0 saturated heterocycles.